The molecule has 5 heteroatoms. The summed E-state index contributed by atoms with van der Waals surface area (Å²) in [6.07, 6.45) is 3.99. The Morgan fingerprint density at radius 3 is 2.61 bits per heavy atom. The lowest BCUT2D eigenvalue weighted by molar-refractivity contribution is 0.389. The minimum absolute atomic E-state index is 0.418. The molecule has 0 atom stereocenters. The van der Waals surface area contributed by atoms with E-state index in [-0.39, 0.29) is 0 Å². The zero-order valence-electron chi connectivity index (χ0n) is 9.86. The zero-order valence-corrected chi connectivity index (χ0v) is 9.86. The Morgan fingerprint density at radius 2 is 1.89 bits per heavy atom. The molecule has 0 saturated carbocycles. The number of hydrogen-bond donors (Lipinski definition) is 0. The number of rotatable bonds is 4. The first-order valence-electron chi connectivity index (χ1n) is 5.48. The number of aryl methyl sites for hydroxylation is 2. The van der Waals surface area contributed by atoms with Gasteiger partial charge in [0.05, 0.1) is 7.11 Å². The van der Waals surface area contributed by atoms with Crippen molar-refractivity contribution < 1.29 is 13.5 Å². The van der Waals surface area contributed by atoms with Crippen LogP contribution in [0.15, 0.2) is 30.6 Å². The summed E-state index contributed by atoms with van der Waals surface area (Å²) < 4.78 is 31.2. The number of methoxy groups -OCH3 is 1. The molecule has 1 aromatic heterocycles. The number of aromatic nitrogens is 2. The minimum Gasteiger partial charge on any atom is -0.480 e. The van der Waals surface area contributed by atoms with Crippen LogP contribution in [0.5, 0.6) is 5.88 Å². The maximum absolute atomic E-state index is 13.4. The summed E-state index contributed by atoms with van der Waals surface area (Å²) in [5.74, 6) is -0.689. The van der Waals surface area contributed by atoms with Gasteiger partial charge in [-0.25, -0.2) is 13.8 Å². The van der Waals surface area contributed by atoms with Gasteiger partial charge in [-0.05, 0) is 24.5 Å². The Labute approximate surface area is 103 Å². The number of benzene rings is 1. The summed E-state index contributed by atoms with van der Waals surface area (Å²) in [5, 5.41) is 0. The quantitative estimate of drug-likeness (QED) is 0.836. The highest BCUT2D eigenvalue weighted by molar-refractivity contribution is 5.22. The van der Waals surface area contributed by atoms with Crippen molar-refractivity contribution in [1.82, 2.24) is 9.97 Å². The van der Waals surface area contributed by atoms with Crippen LogP contribution in [-0.2, 0) is 12.8 Å². The minimum atomic E-state index is -0.576. The van der Waals surface area contributed by atoms with E-state index in [4.69, 9.17) is 4.74 Å². The van der Waals surface area contributed by atoms with E-state index in [1.165, 1.54) is 25.4 Å². The van der Waals surface area contributed by atoms with Crippen LogP contribution in [0.3, 0.4) is 0 Å². The number of ether oxygens (including phenoxy) is 1. The van der Waals surface area contributed by atoms with Gasteiger partial charge < -0.3 is 4.74 Å². The van der Waals surface area contributed by atoms with Gasteiger partial charge in [0.25, 0.3) is 0 Å². The van der Waals surface area contributed by atoms with E-state index in [9.17, 15) is 8.78 Å². The third kappa shape index (κ3) is 2.80. The van der Waals surface area contributed by atoms with Gasteiger partial charge >= 0.3 is 0 Å². The molecular formula is C13H12F2N2O. The van der Waals surface area contributed by atoms with E-state index in [2.05, 4.69) is 9.97 Å². The molecule has 1 aromatic carbocycles. The predicted octanol–water partition coefficient (Wildman–Crippen LogP) is 2.55. The average molecular weight is 250 g/mol. The molecule has 0 amide bonds. The SMILES string of the molecule is COc1nccnc1CCc1ccc(F)cc1F. The second-order valence-electron chi connectivity index (χ2n) is 3.75. The highest BCUT2D eigenvalue weighted by Gasteiger charge is 2.08. The number of nitrogens with zero attached hydrogens (tertiary/aromatic N) is 2. The van der Waals surface area contributed by atoms with Crippen LogP contribution in [0.25, 0.3) is 0 Å². The molecule has 0 saturated heterocycles. The fourth-order valence-corrected chi connectivity index (χ4v) is 1.67. The summed E-state index contributed by atoms with van der Waals surface area (Å²) in [6.45, 7) is 0. The molecule has 0 bridgehead atoms. The lowest BCUT2D eigenvalue weighted by atomic mass is 10.1. The Hall–Kier alpha value is -2.04. The van der Waals surface area contributed by atoms with Crippen LogP contribution in [0.2, 0.25) is 0 Å². The molecule has 0 unspecified atom stereocenters. The number of halogens is 2. The van der Waals surface area contributed by atoms with E-state index in [1.54, 1.807) is 6.20 Å². The molecule has 2 rings (SSSR count). The molecule has 0 spiro atoms. The van der Waals surface area contributed by atoms with Gasteiger partial charge in [-0.2, -0.15) is 0 Å². The molecular weight excluding hydrogens is 238 g/mol. The third-order valence-electron chi connectivity index (χ3n) is 2.58. The van der Waals surface area contributed by atoms with Crippen molar-refractivity contribution in [2.75, 3.05) is 7.11 Å². The molecule has 0 fully saturated rings. The van der Waals surface area contributed by atoms with E-state index >= 15 is 0 Å². The molecule has 94 valence electrons. The second kappa shape index (κ2) is 5.53. The van der Waals surface area contributed by atoms with E-state index < -0.39 is 11.6 Å². The summed E-state index contributed by atoms with van der Waals surface area (Å²) in [6, 6.07) is 3.56. The fraction of sp³-hybridized carbons (Fsp3) is 0.231. The van der Waals surface area contributed by atoms with Crippen molar-refractivity contribution in [2.45, 2.75) is 12.8 Å². The molecule has 0 aliphatic rings. The summed E-state index contributed by atoms with van der Waals surface area (Å²) in [5.41, 5.74) is 1.10. The Morgan fingerprint density at radius 1 is 1.11 bits per heavy atom. The maximum atomic E-state index is 13.4. The van der Waals surface area contributed by atoms with Crippen LogP contribution >= 0.6 is 0 Å². The molecule has 3 nitrogen and oxygen atoms in total. The average Bonchev–Trinajstić information content (AvgIpc) is 2.38. The first kappa shape index (κ1) is 12.4. The zero-order chi connectivity index (χ0) is 13.0. The molecule has 0 aliphatic carbocycles. The van der Waals surface area contributed by atoms with E-state index in [0.717, 1.165) is 6.07 Å². The molecule has 1 heterocycles. The Balaban J connectivity index is 2.11. The largest absolute Gasteiger partial charge is 0.480 e. The Kier molecular flexibility index (Phi) is 3.82. The van der Waals surface area contributed by atoms with Crippen molar-refractivity contribution in [1.29, 1.82) is 0 Å². The molecule has 0 radical (unpaired) electrons. The first-order valence-corrected chi connectivity index (χ1v) is 5.48. The Bertz CT molecular complexity index is 546. The van der Waals surface area contributed by atoms with Crippen molar-refractivity contribution in [2.24, 2.45) is 0 Å². The summed E-state index contributed by atoms with van der Waals surface area (Å²) in [4.78, 5) is 8.14. The molecule has 18 heavy (non-hydrogen) atoms. The molecule has 0 aliphatic heterocycles. The van der Waals surface area contributed by atoms with Gasteiger partial charge in [-0.3, -0.25) is 4.98 Å². The van der Waals surface area contributed by atoms with Crippen molar-refractivity contribution in [3.63, 3.8) is 0 Å². The molecule has 0 N–H and O–H groups in total. The fourth-order valence-electron chi connectivity index (χ4n) is 1.67. The van der Waals surface area contributed by atoms with Gasteiger partial charge in [0.1, 0.15) is 17.3 Å². The van der Waals surface area contributed by atoms with Crippen LogP contribution < -0.4 is 4.74 Å². The third-order valence-corrected chi connectivity index (χ3v) is 2.58. The highest BCUT2D eigenvalue weighted by Crippen LogP contribution is 2.16. The van der Waals surface area contributed by atoms with Gasteiger partial charge in [-0.15, -0.1) is 0 Å². The summed E-state index contributed by atoms with van der Waals surface area (Å²) in [7, 11) is 1.51. The van der Waals surface area contributed by atoms with Gasteiger partial charge in [0.2, 0.25) is 5.88 Å². The normalized spacial score (nSPS) is 10.4. The van der Waals surface area contributed by atoms with Crippen LogP contribution in [0.1, 0.15) is 11.3 Å². The predicted molar refractivity (Wildman–Crippen MR) is 62.4 cm³/mol. The second-order valence-corrected chi connectivity index (χ2v) is 3.75. The lowest BCUT2D eigenvalue weighted by Gasteiger charge is -2.06. The van der Waals surface area contributed by atoms with Crippen molar-refractivity contribution in [3.8, 4) is 5.88 Å². The lowest BCUT2D eigenvalue weighted by Crippen LogP contribution is -2.01. The highest BCUT2D eigenvalue weighted by atomic mass is 19.1. The van der Waals surface area contributed by atoms with Gasteiger partial charge in [0, 0.05) is 18.5 Å². The smallest absolute Gasteiger partial charge is 0.235 e. The standard InChI is InChI=1S/C13H12F2N2O/c1-18-13-12(16-6-7-17-13)5-3-9-2-4-10(14)8-11(9)15/h2,4,6-8H,3,5H2,1H3. The number of hydrogen-bond acceptors (Lipinski definition) is 3. The summed E-state index contributed by atoms with van der Waals surface area (Å²) >= 11 is 0. The first-order chi connectivity index (χ1) is 8.70. The van der Waals surface area contributed by atoms with Crippen molar-refractivity contribution in [3.05, 3.63) is 53.5 Å². The van der Waals surface area contributed by atoms with Gasteiger partial charge in [0.15, 0.2) is 0 Å². The van der Waals surface area contributed by atoms with E-state index in [1.807, 2.05) is 0 Å². The van der Waals surface area contributed by atoms with Gasteiger partial charge in [-0.1, -0.05) is 6.07 Å². The monoisotopic (exact) mass is 250 g/mol. The van der Waals surface area contributed by atoms with E-state index in [0.29, 0.717) is 30.0 Å². The van der Waals surface area contributed by atoms with Crippen molar-refractivity contribution >= 4 is 0 Å². The van der Waals surface area contributed by atoms with Crippen LogP contribution in [0, 0.1) is 11.6 Å². The maximum Gasteiger partial charge on any atom is 0.235 e. The van der Waals surface area contributed by atoms with Crippen LogP contribution in [0.4, 0.5) is 8.78 Å². The van der Waals surface area contributed by atoms with Crippen LogP contribution in [-0.4, -0.2) is 17.1 Å². The molecule has 2 aromatic rings. The topological polar surface area (TPSA) is 35.0 Å².